The van der Waals surface area contributed by atoms with Crippen LogP contribution in [-0.2, 0) is 13.0 Å². The van der Waals surface area contributed by atoms with Crippen LogP contribution >= 0.6 is 0 Å². The molecule has 0 amide bonds. The van der Waals surface area contributed by atoms with Crippen LogP contribution in [-0.4, -0.2) is 11.7 Å². The third-order valence-electron chi connectivity index (χ3n) is 3.13. The standard InChI is InChI=1S/C15H20N2O2/c1-11-15(12(2)19-17-11)10-18-14-7-3-5-13(9-14)6-4-8-16/h3,5,7,9H,4,6,8,10,16H2,1-2H3. The van der Waals surface area contributed by atoms with E-state index in [9.17, 15) is 0 Å². The van der Waals surface area contributed by atoms with Crippen molar-refractivity contribution in [2.24, 2.45) is 5.73 Å². The normalized spacial score (nSPS) is 10.7. The second kappa shape index (κ2) is 6.38. The molecule has 1 aromatic carbocycles. The summed E-state index contributed by atoms with van der Waals surface area (Å²) in [5.74, 6) is 1.69. The van der Waals surface area contributed by atoms with Crippen molar-refractivity contribution in [2.75, 3.05) is 6.54 Å². The molecule has 0 aliphatic rings. The van der Waals surface area contributed by atoms with E-state index in [1.165, 1.54) is 5.56 Å². The van der Waals surface area contributed by atoms with Crippen molar-refractivity contribution in [3.8, 4) is 5.75 Å². The van der Waals surface area contributed by atoms with Crippen LogP contribution in [0.5, 0.6) is 5.75 Å². The lowest BCUT2D eigenvalue weighted by atomic mass is 10.1. The molecule has 0 atom stereocenters. The van der Waals surface area contributed by atoms with E-state index in [0.29, 0.717) is 13.2 Å². The van der Waals surface area contributed by atoms with Gasteiger partial charge in [-0.1, -0.05) is 17.3 Å². The maximum atomic E-state index is 5.80. The number of ether oxygens (including phenoxy) is 1. The molecule has 19 heavy (non-hydrogen) atoms. The number of aryl methyl sites for hydroxylation is 3. The minimum Gasteiger partial charge on any atom is -0.489 e. The van der Waals surface area contributed by atoms with Crippen LogP contribution in [0.3, 0.4) is 0 Å². The van der Waals surface area contributed by atoms with Gasteiger partial charge in [-0.15, -0.1) is 0 Å². The zero-order chi connectivity index (χ0) is 13.7. The molecule has 0 spiro atoms. The van der Waals surface area contributed by atoms with Gasteiger partial charge in [0.2, 0.25) is 0 Å². The fourth-order valence-electron chi connectivity index (χ4n) is 1.96. The van der Waals surface area contributed by atoms with Gasteiger partial charge in [0.15, 0.2) is 0 Å². The van der Waals surface area contributed by atoms with E-state index >= 15 is 0 Å². The molecule has 0 aliphatic heterocycles. The van der Waals surface area contributed by atoms with Crippen molar-refractivity contribution < 1.29 is 9.26 Å². The van der Waals surface area contributed by atoms with Crippen LogP contribution in [0.1, 0.15) is 29.0 Å². The first-order chi connectivity index (χ1) is 9.20. The van der Waals surface area contributed by atoms with E-state index in [-0.39, 0.29) is 0 Å². The summed E-state index contributed by atoms with van der Waals surface area (Å²) in [5.41, 5.74) is 8.68. The highest BCUT2D eigenvalue weighted by atomic mass is 16.5. The Morgan fingerprint density at radius 1 is 1.32 bits per heavy atom. The predicted octanol–water partition coefficient (Wildman–Crippen LogP) is 2.76. The van der Waals surface area contributed by atoms with E-state index < -0.39 is 0 Å². The Morgan fingerprint density at radius 2 is 2.16 bits per heavy atom. The summed E-state index contributed by atoms with van der Waals surface area (Å²) < 4.78 is 10.9. The second-order valence-corrected chi connectivity index (χ2v) is 4.63. The Balaban J connectivity index is 1.99. The van der Waals surface area contributed by atoms with Gasteiger partial charge in [0, 0.05) is 0 Å². The smallest absolute Gasteiger partial charge is 0.140 e. The minimum atomic E-state index is 0.488. The van der Waals surface area contributed by atoms with Gasteiger partial charge in [-0.05, 0) is 50.9 Å². The van der Waals surface area contributed by atoms with Crippen molar-refractivity contribution in [3.05, 3.63) is 46.8 Å². The molecule has 4 heteroatoms. The number of aromatic nitrogens is 1. The van der Waals surface area contributed by atoms with Gasteiger partial charge in [0.05, 0.1) is 11.3 Å². The largest absolute Gasteiger partial charge is 0.489 e. The molecule has 0 saturated carbocycles. The quantitative estimate of drug-likeness (QED) is 0.867. The van der Waals surface area contributed by atoms with Crippen molar-refractivity contribution in [3.63, 3.8) is 0 Å². The molecule has 0 radical (unpaired) electrons. The van der Waals surface area contributed by atoms with Gasteiger partial charge in [-0.3, -0.25) is 0 Å². The van der Waals surface area contributed by atoms with Gasteiger partial charge in [0.25, 0.3) is 0 Å². The summed E-state index contributed by atoms with van der Waals surface area (Å²) in [5, 5.41) is 3.92. The lowest BCUT2D eigenvalue weighted by Gasteiger charge is -2.07. The molecule has 2 aromatic rings. The third-order valence-corrected chi connectivity index (χ3v) is 3.13. The van der Waals surface area contributed by atoms with Gasteiger partial charge in [-0.25, -0.2) is 0 Å². The molecule has 2 rings (SSSR count). The zero-order valence-corrected chi connectivity index (χ0v) is 11.5. The van der Waals surface area contributed by atoms with Crippen LogP contribution < -0.4 is 10.5 Å². The highest BCUT2D eigenvalue weighted by molar-refractivity contribution is 5.29. The Labute approximate surface area is 113 Å². The summed E-state index contributed by atoms with van der Waals surface area (Å²) in [6.45, 7) is 5.02. The highest BCUT2D eigenvalue weighted by Gasteiger charge is 2.09. The predicted molar refractivity (Wildman–Crippen MR) is 74.1 cm³/mol. The topological polar surface area (TPSA) is 61.3 Å². The monoisotopic (exact) mass is 260 g/mol. The summed E-state index contributed by atoms with van der Waals surface area (Å²) in [6.07, 6.45) is 1.98. The summed E-state index contributed by atoms with van der Waals surface area (Å²) >= 11 is 0. The zero-order valence-electron chi connectivity index (χ0n) is 11.5. The Hall–Kier alpha value is -1.81. The van der Waals surface area contributed by atoms with Gasteiger partial charge < -0.3 is 15.0 Å². The molecule has 0 saturated heterocycles. The van der Waals surface area contributed by atoms with Crippen LogP contribution in [0, 0.1) is 13.8 Å². The number of benzene rings is 1. The fraction of sp³-hybridized carbons (Fsp3) is 0.400. The number of nitrogens with two attached hydrogens (primary N) is 1. The molecule has 102 valence electrons. The number of hydrogen-bond acceptors (Lipinski definition) is 4. The van der Waals surface area contributed by atoms with E-state index in [1.807, 2.05) is 26.0 Å². The van der Waals surface area contributed by atoms with E-state index in [2.05, 4.69) is 17.3 Å². The summed E-state index contributed by atoms with van der Waals surface area (Å²) in [7, 11) is 0. The molecule has 0 bridgehead atoms. The van der Waals surface area contributed by atoms with Crippen LogP contribution in [0.2, 0.25) is 0 Å². The van der Waals surface area contributed by atoms with Crippen molar-refractivity contribution >= 4 is 0 Å². The van der Waals surface area contributed by atoms with E-state index in [0.717, 1.165) is 35.6 Å². The Morgan fingerprint density at radius 3 is 2.84 bits per heavy atom. The average molecular weight is 260 g/mol. The van der Waals surface area contributed by atoms with Crippen molar-refractivity contribution in [1.82, 2.24) is 5.16 Å². The SMILES string of the molecule is Cc1noc(C)c1COc1cccc(CCCN)c1. The summed E-state index contributed by atoms with van der Waals surface area (Å²) in [6, 6.07) is 8.13. The van der Waals surface area contributed by atoms with Gasteiger partial charge >= 0.3 is 0 Å². The highest BCUT2D eigenvalue weighted by Crippen LogP contribution is 2.19. The van der Waals surface area contributed by atoms with Crippen LogP contribution in [0.25, 0.3) is 0 Å². The molecular weight excluding hydrogens is 240 g/mol. The molecule has 0 unspecified atom stereocenters. The molecule has 4 nitrogen and oxygen atoms in total. The molecular formula is C15H20N2O2. The molecule has 1 heterocycles. The molecule has 2 N–H and O–H groups in total. The first-order valence-corrected chi connectivity index (χ1v) is 6.54. The Kier molecular flexibility index (Phi) is 4.58. The first-order valence-electron chi connectivity index (χ1n) is 6.54. The first kappa shape index (κ1) is 13.6. The van der Waals surface area contributed by atoms with Crippen LogP contribution in [0.15, 0.2) is 28.8 Å². The molecule has 0 fully saturated rings. The maximum absolute atomic E-state index is 5.80. The summed E-state index contributed by atoms with van der Waals surface area (Å²) in [4.78, 5) is 0. The number of rotatable bonds is 6. The number of nitrogens with zero attached hydrogens (tertiary/aromatic N) is 1. The lowest BCUT2D eigenvalue weighted by molar-refractivity contribution is 0.301. The third kappa shape index (κ3) is 3.58. The maximum Gasteiger partial charge on any atom is 0.140 e. The van der Waals surface area contributed by atoms with Crippen LogP contribution in [0.4, 0.5) is 0 Å². The average Bonchev–Trinajstić information content (AvgIpc) is 2.74. The molecule has 0 aliphatic carbocycles. The lowest BCUT2D eigenvalue weighted by Crippen LogP contribution is -2.01. The fourth-order valence-corrected chi connectivity index (χ4v) is 1.96. The number of hydrogen-bond donors (Lipinski definition) is 1. The van der Waals surface area contributed by atoms with E-state index in [1.54, 1.807) is 0 Å². The van der Waals surface area contributed by atoms with E-state index in [4.69, 9.17) is 15.0 Å². The van der Waals surface area contributed by atoms with Gasteiger partial charge in [-0.2, -0.15) is 0 Å². The van der Waals surface area contributed by atoms with Gasteiger partial charge in [0.1, 0.15) is 18.1 Å². The minimum absolute atomic E-state index is 0.488. The van der Waals surface area contributed by atoms with Crippen molar-refractivity contribution in [1.29, 1.82) is 0 Å². The molecule has 1 aromatic heterocycles. The van der Waals surface area contributed by atoms with Crippen molar-refractivity contribution in [2.45, 2.75) is 33.3 Å². The second-order valence-electron chi connectivity index (χ2n) is 4.63. The Bertz CT molecular complexity index is 515.